The summed E-state index contributed by atoms with van der Waals surface area (Å²) in [6.07, 6.45) is 0. The maximum Gasteiger partial charge on any atom is 0.140 e. The summed E-state index contributed by atoms with van der Waals surface area (Å²) in [5.41, 5.74) is 13.5. The molecule has 0 atom stereocenters. The third-order valence-electron chi connectivity index (χ3n) is 12.5. The highest BCUT2D eigenvalue weighted by Gasteiger charge is 2.19. The molecule has 4 heteroatoms. The van der Waals surface area contributed by atoms with E-state index in [0.29, 0.717) is 0 Å². The van der Waals surface area contributed by atoms with E-state index in [4.69, 9.17) is 9.97 Å². The van der Waals surface area contributed by atoms with Crippen LogP contribution in [0.1, 0.15) is 0 Å². The van der Waals surface area contributed by atoms with Crippen LogP contribution >= 0.6 is 0 Å². The number of rotatable bonds is 5. The number of aryl methyl sites for hydroxylation is 2. The van der Waals surface area contributed by atoms with Gasteiger partial charge >= 0.3 is 0 Å². The van der Waals surface area contributed by atoms with Crippen molar-refractivity contribution in [1.29, 1.82) is 0 Å². The van der Waals surface area contributed by atoms with Gasteiger partial charge in [0, 0.05) is 25.2 Å². The Morgan fingerprint density at radius 2 is 0.783 bits per heavy atom. The number of hydrogen-bond donors (Lipinski definition) is 0. The molecule has 0 spiro atoms. The van der Waals surface area contributed by atoms with Gasteiger partial charge in [-0.2, -0.15) is 0 Å². The van der Waals surface area contributed by atoms with Crippen molar-refractivity contribution in [3.63, 3.8) is 0 Å². The van der Waals surface area contributed by atoms with Crippen LogP contribution in [-0.2, 0) is 14.1 Å². The van der Waals surface area contributed by atoms with Crippen molar-refractivity contribution >= 4 is 65.2 Å². The summed E-state index contributed by atoms with van der Waals surface area (Å²) < 4.78 is 4.43. The van der Waals surface area contributed by atoms with E-state index >= 15 is 0 Å². The standard InChI is InChI=1S/C56H38N4/c1-59-52-32-40(25-27-50(52)57-55(59)35-13-5-3-6-14-35)44-19-11-21-46-48(44)34-49-45(41-26-28-51-53(33-41)60(2)56(58-51)36-15-7-4-8-16-36)20-12-22-47(49)54(46)42-24-23-39-29-37-17-9-10-18-38(37)30-43(39)31-42/h3-34H,1-2H3. The second-order valence-corrected chi connectivity index (χ2v) is 15.9. The van der Waals surface area contributed by atoms with E-state index in [1.54, 1.807) is 0 Å². The molecule has 12 rings (SSSR count). The van der Waals surface area contributed by atoms with E-state index in [1.807, 2.05) is 12.1 Å². The van der Waals surface area contributed by atoms with Crippen molar-refractivity contribution in [3.05, 3.63) is 194 Å². The van der Waals surface area contributed by atoms with E-state index in [0.717, 1.165) is 56.0 Å². The first kappa shape index (κ1) is 34.2. The van der Waals surface area contributed by atoms with E-state index in [9.17, 15) is 0 Å². The van der Waals surface area contributed by atoms with Crippen LogP contribution in [0.3, 0.4) is 0 Å². The minimum Gasteiger partial charge on any atom is -0.327 e. The Morgan fingerprint density at radius 1 is 0.317 bits per heavy atom. The monoisotopic (exact) mass is 766 g/mol. The van der Waals surface area contributed by atoms with Crippen LogP contribution in [0.2, 0.25) is 0 Å². The SMILES string of the molecule is Cn1c(-c2ccccc2)nc2ccc(-c3cccc4c(-c5ccc6cc7ccccc7cc6c5)c5cccc(-c6ccc7nc(-c8ccccc8)n(C)c7c6)c5cc34)cc21. The Bertz CT molecular complexity index is 3490. The van der Waals surface area contributed by atoms with Crippen molar-refractivity contribution < 1.29 is 0 Å². The third-order valence-corrected chi connectivity index (χ3v) is 12.5. The second kappa shape index (κ2) is 13.4. The largest absolute Gasteiger partial charge is 0.327 e. The Labute approximate surface area is 347 Å². The first-order chi connectivity index (χ1) is 29.6. The fraction of sp³-hybridized carbons (Fsp3) is 0.0357. The van der Waals surface area contributed by atoms with Gasteiger partial charge in [-0.15, -0.1) is 0 Å². The van der Waals surface area contributed by atoms with Crippen molar-refractivity contribution in [1.82, 2.24) is 19.1 Å². The lowest BCUT2D eigenvalue weighted by atomic mass is 9.85. The van der Waals surface area contributed by atoms with Crippen LogP contribution in [0.25, 0.3) is 121 Å². The van der Waals surface area contributed by atoms with Crippen molar-refractivity contribution in [2.45, 2.75) is 0 Å². The highest BCUT2D eigenvalue weighted by atomic mass is 15.1. The van der Waals surface area contributed by atoms with Gasteiger partial charge in [0.1, 0.15) is 11.6 Å². The van der Waals surface area contributed by atoms with Crippen LogP contribution in [-0.4, -0.2) is 19.1 Å². The topological polar surface area (TPSA) is 35.6 Å². The highest BCUT2D eigenvalue weighted by Crippen LogP contribution is 2.44. The quantitative estimate of drug-likeness (QED) is 0.164. The van der Waals surface area contributed by atoms with Crippen molar-refractivity contribution in [3.8, 4) is 56.2 Å². The molecule has 0 aliphatic heterocycles. The second-order valence-electron chi connectivity index (χ2n) is 15.9. The Balaban J connectivity index is 1.11. The van der Waals surface area contributed by atoms with Crippen LogP contribution in [0.4, 0.5) is 0 Å². The molecule has 0 fully saturated rings. The lowest BCUT2D eigenvalue weighted by Crippen LogP contribution is -1.93. The van der Waals surface area contributed by atoms with E-state index in [1.165, 1.54) is 65.3 Å². The van der Waals surface area contributed by atoms with Gasteiger partial charge in [0.05, 0.1) is 22.1 Å². The highest BCUT2D eigenvalue weighted by molar-refractivity contribution is 6.20. The third kappa shape index (κ3) is 5.38. The molecule has 0 bridgehead atoms. The molecule has 12 aromatic rings. The first-order valence-electron chi connectivity index (χ1n) is 20.5. The number of aromatic nitrogens is 4. The van der Waals surface area contributed by atoms with Crippen LogP contribution in [0, 0.1) is 0 Å². The average molecular weight is 767 g/mol. The molecule has 60 heavy (non-hydrogen) atoms. The zero-order valence-electron chi connectivity index (χ0n) is 33.3. The van der Waals surface area contributed by atoms with Gasteiger partial charge < -0.3 is 9.13 Å². The van der Waals surface area contributed by atoms with Crippen LogP contribution in [0.5, 0.6) is 0 Å². The van der Waals surface area contributed by atoms with E-state index in [2.05, 4.69) is 205 Å². The van der Waals surface area contributed by atoms with Gasteiger partial charge in [0.2, 0.25) is 0 Å². The summed E-state index contributed by atoms with van der Waals surface area (Å²) in [7, 11) is 4.24. The smallest absolute Gasteiger partial charge is 0.140 e. The summed E-state index contributed by atoms with van der Waals surface area (Å²) in [4.78, 5) is 10.1. The van der Waals surface area contributed by atoms with E-state index < -0.39 is 0 Å². The Kier molecular flexibility index (Phi) is 7.63. The summed E-state index contributed by atoms with van der Waals surface area (Å²) in [5.74, 6) is 1.92. The molecule has 282 valence electrons. The summed E-state index contributed by atoms with van der Waals surface area (Å²) in [5, 5.41) is 9.84. The zero-order chi connectivity index (χ0) is 39.9. The minimum atomic E-state index is 0.962. The van der Waals surface area contributed by atoms with E-state index in [-0.39, 0.29) is 0 Å². The molecular formula is C56H38N4. The first-order valence-corrected chi connectivity index (χ1v) is 20.5. The average Bonchev–Trinajstić information content (AvgIpc) is 3.82. The fourth-order valence-corrected chi connectivity index (χ4v) is 9.48. The summed E-state index contributed by atoms with van der Waals surface area (Å²) in [6.45, 7) is 0. The number of imidazole rings is 2. The fourth-order valence-electron chi connectivity index (χ4n) is 9.48. The molecule has 0 aliphatic carbocycles. The number of fused-ring (bicyclic) bond motifs is 6. The number of nitrogens with zero attached hydrogens (tertiary/aromatic N) is 4. The predicted molar refractivity (Wildman–Crippen MR) is 252 cm³/mol. The molecule has 2 heterocycles. The molecule has 2 aromatic heterocycles. The maximum atomic E-state index is 5.07. The molecular weight excluding hydrogens is 729 g/mol. The Hall–Kier alpha value is -7.82. The van der Waals surface area contributed by atoms with Crippen molar-refractivity contribution in [2.75, 3.05) is 0 Å². The normalized spacial score (nSPS) is 11.8. The van der Waals surface area contributed by atoms with Gasteiger partial charge in [0.15, 0.2) is 0 Å². The maximum absolute atomic E-state index is 5.07. The van der Waals surface area contributed by atoms with Crippen LogP contribution < -0.4 is 0 Å². The van der Waals surface area contributed by atoms with Crippen LogP contribution in [0.15, 0.2) is 194 Å². The van der Waals surface area contributed by atoms with Gasteiger partial charge in [-0.1, -0.05) is 146 Å². The lowest BCUT2D eigenvalue weighted by Gasteiger charge is -2.18. The molecule has 4 nitrogen and oxygen atoms in total. The summed E-state index contributed by atoms with van der Waals surface area (Å²) in [6, 6.07) is 70.6. The zero-order valence-corrected chi connectivity index (χ0v) is 33.3. The van der Waals surface area contributed by atoms with Gasteiger partial charge in [-0.25, -0.2) is 9.97 Å². The number of hydrogen-bond acceptors (Lipinski definition) is 2. The summed E-state index contributed by atoms with van der Waals surface area (Å²) >= 11 is 0. The van der Waals surface area contributed by atoms with Gasteiger partial charge in [0.25, 0.3) is 0 Å². The Morgan fingerprint density at radius 3 is 1.32 bits per heavy atom. The molecule has 0 saturated carbocycles. The molecule has 0 aliphatic rings. The van der Waals surface area contributed by atoms with Gasteiger partial charge in [-0.05, 0) is 125 Å². The lowest BCUT2D eigenvalue weighted by molar-refractivity contribution is 0.959. The van der Waals surface area contributed by atoms with Gasteiger partial charge in [-0.3, -0.25) is 0 Å². The molecule has 0 saturated heterocycles. The molecule has 0 amide bonds. The molecule has 0 radical (unpaired) electrons. The molecule has 0 N–H and O–H groups in total. The number of benzene rings is 10. The van der Waals surface area contributed by atoms with Crippen molar-refractivity contribution in [2.24, 2.45) is 14.1 Å². The minimum absolute atomic E-state index is 0.962. The molecule has 10 aromatic carbocycles. The molecule has 0 unspecified atom stereocenters. The predicted octanol–water partition coefficient (Wildman–Crippen LogP) is 14.4.